The van der Waals surface area contributed by atoms with Gasteiger partial charge in [-0.3, -0.25) is 9.48 Å². The molecule has 5 rings (SSSR count). The molecule has 0 aliphatic heterocycles. The third-order valence-electron chi connectivity index (χ3n) is 5.89. The Morgan fingerprint density at radius 1 is 1.21 bits per heavy atom. The van der Waals surface area contributed by atoms with Crippen LogP contribution in [0, 0.1) is 17.8 Å². The van der Waals surface area contributed by atoms with Gasteiger partial charge in [-0.25, -0.2) is 0 Å². The minimum Gasteiger partial charge on any atom is -0.345 e. The van der Waals surface area contributed by atoms with Crippen LogP contribution < -0.4 is 5.32 Å². The van der Waals surface area contributed by atoms with Gasteiger partial charge in [-0.1, -0.05) is 11.6 Å². The molecule has 4 aliphatic rings. The van der Waals surface area contributed by atoms with Crippen LogP contribution in [-0.2, 0) is 13.2 Å². The molecule has 0 unspecified atom stereocenters. The highest BCUT2D eigenvalue weighted by Gasteiger charge is 2.52. The number of carbonyl (C=O) groups excluding carboxylic acids is 1. The Balaban J connectivity index is 1.60. The lowest BCUT2D eigenvalue weighted by Crippen LogP contribution is -2.60. The molecule has 8 heteroatoms. The maximum absolute atomic E-state index is 12.9. The number of aryl methyl sites for hydroxylation is 1. The number of nitrogens with zero attached hydrogens (tertiary/aromatic N) is 2. The van der Waals surface area contributed by atoms with Gasteiger partial charge in [0.15, 0.2) is 5.69 Å². The summed E-state index contributed by atoms with van der Waals surface area (Å²) in [4.78, 5) is 12.7. The van der Waals surface area contributed by atoms with Crippen molar-refractivity contribution in [2.45, 2.75) is 50.2 Å². The lowest BCUT2D eigenvalue weighted by molar-refractivity contribution is -0.141. The van der Waals surface area contributed by atoms with E-state index in [1.165, 1.54) is 26.3 Å². The predicted octanol–water partition coefficient (Wildman–Crippen LogP) is 3.79. The normalized spacial score (nSPS) is 34.6. The molecule has 1 N–H and O–H groups in total. The van der Waals surface area contributed by atoms with Crippen LogP contribution in [0.5, 0.6) is 0 Å². The van der Waals surface area contributed by atoms with Crippen molar-refractivity contribution in [2.75, 3.05) is 0 Å². The minimum atomic E-state index is -4.67. The summed E-state index contributed by atoms with van der Waals surface area (Å²) in [6.07, 6.45) is 1.76. The standard InChI is InChI=1S/C16H19ClF3N3O/c1-23-12(11(17)13(22-23)16(18,19)20)14(24)21-15-5-8-2-9(6-15)4-10(3-8)7-15/h8-10H,2-7H2,1H3,(H,21,24). The molecule has 24 heavy (non-hydrogen) atoms. The molecule has 1 aromatic heterocycles. The van der Waals surface area contributed by atoms with Crippen LogP contribution >= 0.6 is 11.6 Å². The number of aromatic nitrogens is 2. The molecule has 0 atom stereocenters. The Bertz CT molecular complexity index is 662. The van der Waals surface area contributed by atoms with E-state index in [0.29, 0.717) is 17.8 Å². The summed E-state index contributed by atoms with van der Waals surface area (Å²) in [5.41, 5.74) is -1.69. The summed E-state index contributed by atoms with van der Waals surface area (Å²) in [7, 11) is 1.32. The van der Waals surface area contributed by atoms with E-state index in [1.54, 1.807) is 0 Å². The molecular weight excluding hydrogens is 343 g/mol. The van der Waals surface area contributed by atoms with Crippen LogP contribution in [0.25, 0.3) is 0 Å². The van der Waals surface area contributed by atoms with Crippen molar-refractivity contribution in [3.8, 4) is 0 Å². The number of amides is 1. The second-order valence-corrected chi connectivity index (χ2v) is 8.16. The van der Waals surface area contributed by atoms with Gasteiger partial charge in [-0.05, 0) is 56.3 Å². The second-order valence-electron chi connectivity index (χ2n) is 7.78. The number of rotatable bonds is 2. The van der Waals surface area contributed by atoms with Crippen LogP contribution in [-0.4, -0.2) is 21.2 Å². The SMILES string of the molecule is Cn1nc(C(F)(F)F)c(Cl)c1C(=O)NC12CC3CC(CC(C3)C1)C2. The predicted molar refractivity (Wildman–Crippen MR) is 81.6 cm³/mol. The van der Waals surface area contributed by atoms with Gasteiger partial charge in [0.2, 0.25) is 0 Å². The van der Waals surface area contributed by atoms with Crippen molar-refractivity contribution in [1.82, 2.24) is 15.1 Å². The molecule has 4 saturated carbocycles. The summed E-state index contributed by atoms with van der Waals surface area (Å²) in [6, 6.07) is 0. The first kappa shape index (κ1) is 16.2. The summed E-state index contributed by atoms with van der Waals surface area (Å²) < 4.78 is 39.7. The van der Waals surface area contributed by atoms with Gasteiger partial charge in [0.1, 0.15) is 10.7 Å². The van der Waals surface area contributed by atoms with Gasteiger partial charge < -0.3 is 5.32 Å². The van der Waals surface area contributed by atoms with Crippen LogP contribution in [0.15, 0.2) is 0 Å². The lowest BCUT2D eigenvalue weighted by atomic mass is 9.53. The molecule has 1 aromatic rings. The molecule has 0 spiro atoms. The first-order valence-electron chi connectivity index (χ1n) is 8.29. The van der Waals surface area contributed by atoms with Gasteiger partial charge in [0.25, 0.3) is 5.91 Å². The number of alkyl halides is 3. The number of hydrogen-bond donors (Lipinski definition) is 1. The zero-order chi connectivity index (χ0) is 17.3. The van der Waals surface area contributed by atoms with E-state index >= 15 is 0 Å². The number of halogens is 4. The zero-order valence-electron chi connectivity index (χ0n) is 13.3. The quantitative estimate of drug-likeness (QED) is 0.871. The molecule has 4 fully saturated rings. The highest BCUT2D eigenvalue weighted by atomic mass is 35.5. The molecule has 4 aliphatic carbocycles. The average Bonchev–Trinajstić information content (AvgIpc) is 2.71. The molecule has 0 aromatic carbocycles. The summed E-state index contributed by atoms with van der Waals surface area (Å²) in [5, 5.41) is 5.81. The van der Waals surface area contributed by atoms with E-state index < -0.39 is 22.8 Å². The Morgan fingerprint density at radius 2 is 1.71 bits per heavy atom. The first-order valence-corrected chi connectivity index (χ1v) is 8.67. The molecule has 4 bridgehead atoms. The third kappa shape index (κ3) is 2.52. The summed E-state index contributed by atoms with van der Waals surface area (Å²) in [5.74, 6) is 1.34. The topological polar surface area (TPSA) is 46.9 Å². The molecule has 0 saturated heterocycles. The van der Waals surface area contributed by atoms with Crippen molar-refractivity contribution in [2.24, 2.45) is 24.8 Å². The van der Waals surface area contributed by atoms with Gasteiger partial charge in [-0.2, -0.15) is 18.3 Å². The third-order valence-corrected chi connectivity index (χ3v) is 6.25. The van der Waals surface area contributed by atoms with E-state index in [1.807, 2.05) is 0 Å². The zero-order valence-corrected chi connectivity index (χ0v) is 14.0. The Labute approximate surface area is 142 Å². The van der Waals surface area contributed by atoms with Gasteiger partial charge in [-0.15, -0.1) is 0 Å². The van der Waals surface area contributed by atoms with Crippen molar-refractivity contribution in [1.29, 1.82) is 0 Å². The maximum atomic E-state index is 12.9. The number of hydrogen-bond acceptors (Lipinski definition) is 2. The van der Waals surface area contributed by atoms with Crippen molar-refractivity contribution >= 4 is 17.5 Å². The molecule has 4 nitrogen and oxygen atoms in total. The monoisotopic (exact) mass is 361 g/mol. The summed E-state index contributed by atoms with van der Waals surface area (Å²) in [6.45, 7) is 0. The van der Waals surface area contributed by atoms with E-state index in [-0.39, 0.29) is 11.2 Å². The second kappa shape index (κ2) is 5.13. The lowest BCUT2D eigenvalue weighted by Gasteiger charge is -2.56. The average molecular weight is 362 g/mol. The fourth-order valence-electron chi connectivity index (χ4n) is 5.49. The van der Waals surface area contributed by atoms with E-state index in [2.05, 4.69) is 10.4 Å². The van der Waals surface area contributed by atoms with Crippen molar-refractivity contribution in [3.05, 3.63) is 16.4 Å². The van der Waals surface area contributed by atoms with Gasteiger partial charge >= 0.3 is 6.18 Å². The van der Waals surface area contributed by atoms with Crippen molar-refractivity contribution < 1.29 is 18.0 Å². The Kier molecular flexibility index (Phi) is 3.47. The summed E-state index contributed by atoms with van der Waals surface area (Å²) >= 11 is 5.83. The van der Waals surface area contributed by atoms with Gasteiger partial charge in [0, 0.05) is 12.6 Å². The minimum absolute atomic E-state index is 0.209. The molecule has 1 heterocycles. The number of nitrogens with one attached hydrogen (secondary N) is 1. The maximum Gasteiger partial charge on any atom is 0.436 e. The molecule has 132 valence electrons. The van der Waals surface area contributed by atoms with Crippen LogP contribution in [0.2, 0.25) is 5.02 Å². The fraction of sp³-hybridized carbons (Fsp3) is 0.750. The van der Waals surface area contributed by atoms with E-state index in [4.69, 9.17) is 11.6 Å². The number of carbonyl (C=O) groups is 1. The largest absolute Gasteiger partial charge is 0.436 e. The Hall–Kier alpha value is -1.24. The highest BCUT2D eigenvalue weighted by Crippen LogP contribution is 2.55. The highest BCUT2D eigenvalue weighted by molar-refractivity contribution is 6.34. The molecular formula is C16H19ClF3N3O. The fourth-order valence-corrected chi connectivity index (χ4v) is 5.84. The first-order chi connectivity index (χ1) is 11.2. The van der Waals surface area contributed by atoms with Crippen LogP contribution in [0.4, 0.5) is 13.2 Å². The van der Waals surface area contributed by atoms with E-state index in [0.717, 1.165) is 23.9 Å². The Morgan fingerprint density at radius 3 is 2.12 bits per heavy atom. The molecule has 1 amide bonds. The van der Waals surface area contributed by atoms with Gasteiger partial charge in [0.05, 0.1) is 0 Å². The smallest absolute Gasteiger partial charge is 0.345 e. The van der Waals surface area contributed by atoms with Crippen LogP contribution in [0.3, 0.4) is 0 Å². The molecule has 0 radical (unpaired) electrons. The van der Waals surface area contributed by atoms with E-state index in [9.17, 15) is 18.0 Å². The van der Waals surface area contributed by atoms with Crippen LogP contribution in [0.1, 0.15) is 54.7 Å². The van der Waals surface area contributed by atoms with Crippen molar-refractivity contribution in [3.63, 3.8) is 0 Å².